The Kier molecular flexibility index (Phi) is 4.91. The Morgan fingerprint density at radius 2 is 1.70 bits per heavy atom. The molecule has 2 aromatic carbocycles. The Morgan fingerprint density at radius 1 is 1.04 bits per heavy atom. The molecule has 0 bridgehead atoms. The zero-order valence-corrected chi connectivity index (χ0v) is 12.4. The number of benzene rings is 2. The highest BCUT2D eigenvalue weighted by atomic mass is 32.2. The molecule has 0 aliphatic heterocycles. The Labute approximate surface area is 134 Å². The molecule has 0 unspecified atom stereocenters. The number of carbonyl (C=O) groups is 1. The number of carboxylic acids is 1. The van der Waals surface area contributed by atoms with Gasteiger partial charge in [-0.05, 0) is 11.6 Å². The molecule has 23 heavy (non-hydrogen) atoms. The zero-order valence-electron chi connectivity index (χ0n) is 11.5. The van der Waals surface area contributed by atoms with E-state index in [4.69, 9.17) is 5.11 Å². The van der Waals surface area contributed by atoms with Gasteiger partial charge in [-0.15, -0.1) is 11.8 Å². The van der Waals surface area contributed by atoms with Crippen molar-refractivity contribution in [3.8, 4) is 0 Å². The lowest BCUT2D eigenvalue weighted by Crippen LogP contribution is -2.01. The maximum Gasteiger partial charge on any atom is 0.337 e. The number of non-ortho nitro benzene ring substituents is 2. The average molecular weight is 334 g/mol. The van der Waals surface area contributed by atoms with Gasteiger partial charge in [-0.2, -0.15) is 0 Å². The van der Waals surface area contributed by atoms with Gasteiger partial charge in [0.1, 0.15) is 0 Å². The number of nitro groups is 2. The fraction of sp³-hybridized carbons (Fsp3) is 0.0714. The predicted octanol–water partition coefficient (Wildman–Crippen LogP) is 3.49. The van der Waals surface area contributed by atoms with E-state index in [1.54, 1.807) is 12.1 Å². The molecular weight excluding hydrogens is 324 g/mol. The summed E-state index contributed by atoms with van der Waals surface area (Å²) in [6.45, 7) is 0. The van der Waals surface area contributed by atoms with Crippen LogP contribution in [0.15, 0.2) is 47.4 Å². The van der Waals surface area contributed by atoms with Gasteiger partial charge in [-0.25, -0.2) is 4.79 Å². The van der Waals surface area contributed by atoms with Crippen LogP contribution in [0.5, 0.6) is 0 Å². The monoisotopic (exact) mass is 334 g/mol. The number of nitrogens with zero attached hydrogens (tertiary/aromatic N) is 2. The van der Waals surface area contributed by atoms with Crippen LogP contribution in [0.2, 0.25) is 0 Å². The van der Waals surface area contributed by atoms with Crippen LogP contribution in [0, 0.1) is 20.2 Å². The molecule has 0 spiro atoms. The normalized spacial score (nSPS) is 10.3. The summed E-state index contributed by atoms with van der Waals surface area (Å²) < 4.78 is 0. The number of aromatic carboxylic acids is 1. The molecule has 8 nitrogen and oxygen atoms in total. The predicted molar refractivity (Wildman–Crippen MR) is 82.7 cm³/mol. The van der Waals surface area contributed by atoms with Gasteiger partial charge < -0.3 is 5.11 Å². The summed E-state index contributed by atoms with van der Waals surface area (Å²) >= 11 is 1.14. The van der Waals surface area contributed by atoms with E-state index in [0.29, 0.717) is 16.2 Å². The fourth-order valence-electron chi connectivity index (χ4n) is 1.85. The van der Waals surface area contributed by atoms with Crippen molar-refractivity contribution in [2.24, 2.45) is 0 Å². The highest BCUT2D eigenvalue weighted by Gasteiger charge is 2.16. The van der Waals surface area contributed by atoms with Crippen molar-refractivity contribution in [1.29, 1.82) is 0 Å². The van der Waals surface area contributed by atoms with E-state index in [0.717, 1.165) is 17.8 Å². The third kappa shape index (κ3) is 4.04. The van der Waals surface area contributed by atoms with Crippen molar-refractivity contribution in [3.63, 3.8) is 0 Å². The molecule has 0 fully saturated rings. The van der Waals surface area contributed by atoms with Crippen LogP contribution in [0.3, 0.4) is 0 Å². The molecule has 118 valence electrons. The fourth-order valence-corrected chi connectivity index (χ4v) is 2.81. The molecule has 0 amide bonds. The van der Waals surface area contributed by atoms with Crippen LogP contribution in [-0.4, -0.2) is 20.9 Å². The topological polar surface area (TPSA) is 124 Å². The number of hydrogen-bond acceptors (Lipinski definition) is 6. The van der Waals surface area contributed by atoms with E-state index in [1.165, 1.54) is 24.3 Å². The Hall–Kier alpha value is -2.94. The molecule has 0 saturated heterocycles. The van der Waals surface area contributed by atoms with Crippen molar-refractivity contribution in [1.82, 2.24) is 0 Å². The van der Waals surface area contributed by atoms with E-state index in [2.05, 4.69) is 0 Å². The standard InChI is InChI=1S/C14H10N2O6S/c17-14(18)12-7-11(16(21)22)4-5-13(12)23-8-9-2-1-3-10(6-9)15(19)20/h1-7H,8H2,(H,17,18). The first-order valence-corrected chi connectivity index (χ1v) is 7.25. The number of hydrogen-bond donors (Lipinski definition) is 1. The molecule has 0 radical (unpaired) electrons. The average Bonchev–Trinajstić information content (AvgIpc) is 2.52. The SMILES string of the molecule is O=C(O)c1cc([N+](=O)[O-])ccc1SCc1cccc([N+](=O)[O-])c1. The summed E-state index contributed by atoms with van der Waals surface area (Å²) in [7, 11) is 0. The Balaban J connectivity index is 2.23. The summed E-state index contributed by atoms with van der Waals surface area (Å²) in [5.41, 5.74) is 0.126. The molecule has 0 aliphatic carbocycles. The Morgan fingerprint density at radius 3 is 2.30 bits per heavy atom. The minimum Gasteiger partial charge on any atom is -0.478 e. The molecular formula is C14H10N2O6S. The molecule has 0 heterocycles. The van der Waals surface area contributed by atoms with Crippen LogP contribution >= 0.6 is 11.8 Å². The van der Waals surface area contributed by atoms with E-state index >= 15 is 0 Å². The molecule has 0 aliphatic rings. The third-order valence-corrected chi connectivity index (χ3v) is 4.06. The maximum absolute atomic E-state index is 11.2. The van der Waals surface area contributed by atoms with E-state index < -0.39 is 15.8 Å². The van der Waals surface area contributed by atoms with Crippen LogP contribution in [0.25, 0.3) is 0 Å². The van der Waals surface area contributed by atoms with E-state index in [9.17, 15) is 25.0 Å². The van der Waals surface area contributed by atoms with Crippen LogP contribution in [0.4, 0.5) is 11.4 Å². The van der Waals surface area contributed by atoms with Crippen molar-refractivity contribution >= 4 is 29.1 Å². The molecule has 0 atom stereocenters. The van der Waals surface area contributed by atoms with Gasteiger partial charge in [0.15, 0.2) is 0 Å². The zero-order chi connectivity index (χ0) is 17.0. The molecule has 1 N–H and O–H groups in total. The maximum atomic E-state index is 11.2. The summed E-state index contributed by atoms with van der Waals surface area (Å²) in [5.74, 6) is -0.963. The largest absolute Gasteiger partial charge is 0.478 e. The molecule has 0 saturated carbocycles. The highest BCUT2D eigenvalue weighted by molar-refractivity contribution is 7.98. The van der Waals surface area contributed by atoms with Gasteiger partial charge in [-0.3, -0.25) is 20.2 Å². The number of nitro benzene ring substituents is 2. The molecule has 9 heteroatoms. The van der Waals surface area contributed by atoms with Crippen molar-refractivity contribution in [2.45, 2.75) is 10.6 Å². The van der Waals surface area contributed by atoms with Gasteiger partial charge in [0.05, 0.1) is 15.4 Å². The molecule has 2 rings (SSSR count). The summed E-state index contributed by atoms with van der Waals surface area (Å²) in [6, 6.07) is 9.58. The van der Waals surface area contributed by atoms with Gasteiger partial charge in [0.2, 0.25) is 0 Å². The van der Waals surface area contributed by atoms with Crippen molar-refractivity contribution in [3.05, 3.63) is 73.8 Å². The van der Waals surface area contributed by atoms with Gasteiger partial charge in [0, 0.05) is 34.9 Å². The second-order valence-corrected chi connectivity index (χ2v) is 5.48. The van der Waals surface area contributed by atoms with Crippen molar-refractivity contribution < 1.29 is 19.7 Å². The van der Waals surface area contributed by atoms with E-state index in [-0.39, 0.29) is 16.9 Å². The van der Waals surface area contributed by atoms with Gasteiger partial charge in [-0.1, -0.05) is 12.1 Å². The third-order valence-electron chi connectivity index (χ3n) is 2.92. The molecule has 0 aromatic heterocycles. The summed E-state index contributed by atoms with van der Waals surface area (Å²) in [6.07, 6.45) is 0. The quantitative estimate of drug-likeness (QED) is 0.487. The second kappa shape index (κ2) is 6.88. The molecule has 2 aromatic rings. The van der Waals surface area contributed by atoms with Crippen LogP contribution < -0.4 is 0 Å². The van der Waals surface area contributed by atoms with Gasteiger partial charge in [0.25, 0.3) is 11.4 Å². The second-order valence-electron chi connectivity index (χ2n) is 4.46. The van der Waals surface area contributed by atoms with Crippen LogP contribution in [0.1, 0.15) is 15.9 Å². The number of rotatable bonds is 6. The van der Waals surface area contributed by atoms with E-state index in [1.807, 2.05) is 0 Å². The summed E-state index contributed by atoms with van der Waals surface area (Å²) in [5, 5.41) is 30.6. The number of thioether (sulfide) groups is 1. The highest BCUT2D eigenvalue weighted by Crippen LogP contribution is 2.30. The smallest absolute Gasteiger partial charge is 0.337 e. The minimum absolute atomic E-state index is 0.0507. The lowest BCUT2D eigenvalue weighted by molar-refractivity contribution is -0.385. The van der Waals surface area contributed by atoms with Crippen molar-refractivity contribution in [2.75, 3.05) is 0 Å². The first-order valence-electron chi connectivity index (χ1n) is 6.26. The van der Waals surface area contributed by atoms with Gasteiger partial charge >= 0.3 is 5.97 Å². The lowest BCUT2D eigenvalue weighted by atomic mass is 10.2. The number of carboxylic acid groups (broad SMARTS) is 1. The Bertz CT molecular complexity index is 793. The lowest BCUT2D eigenvalue weighted by Gasteiger charge is -2.06. The first kappa shape index (κ1) is 16.4. The first-order chi connectivity index (χ1) is 10.9. The van der Waals surface area contributed by atoms with Crippen LogP contribution in [-0.2, 0) is 5.75 Å². The summed E-state index contributed by atoms with van der Waals surface area (Å²) in [4.78, 5) is 31.8. The minimum atomic E-state index is -1.27.